The summed E-state index contributed by atoms with van der Waals surface area (Å²) < 4.78 is 16.1. The Bertz CT molecular complexity index is 361. The molecule has 1 aliphatic rings. The molecule has 0 aromatic carbocycles. The summed E-state index contributed by atoms with van der Waals surface area (Å²) in [7, 11) is 1.86. The Balaban J connectivity index is 2.11. The maximum absolute atomic E-state index is 14.3. The number of nitrogens with two attached hydrogens (primary N) is 1. The van der Waals surface area contributed by atoms with E-state index in [9.17, 15) is 4.39 Å². The monoisotopic (exact) mass is 211 g/mol. The average molecular weight is 211 g/mol. The molecule has 1 aromatic heterocycles. The highest BCUT2D eigenvalue weighted by Gasteiger charge is 2.38. The Morgan fingerprint density at radius 3 is 2.93 bits per heavy atom. The molecule has 2 atom stereocenters. The van der Waals surface area contributed by atoms with Crippen molar-refractivity contribution in [3.05, 3.63) is 17.5 Å². The first-order chi connectivity index (χ1) is 6.98. The SMILES string of the molecule is Cc1cc(CC2(F)CCC(N)C2)n(C)n1. The first-order valence-corrected chi connectivity index (χ1v) is 5.42. The number of halogens is 1. The Labute approximate surface area is 89.5 Å². The summed E-state index contributed by atoms with van der Waals surface area (Å²) in [4.78, 5) is 0. The molecule has 0 aliphatic heterocycles. The fourth-order valence-corrected chi connectivity index (χ4v) is 2.43. The lowest BCUT2D eigenvalue weighted by Gasteiger charge is -2.18. The van der Waals surface area contributed by atoms with Gasteiger partial charge < -0.3 is 5.73 Å². The van der Waals surface area contributed by atoms with Crippen molar-refractivity contribution in [3.63, 3.8) is 0 Å². The van der Waals surface area contributed by atoms with Crippen LogP contribution in [0.2, 0.25) is 0 Å². The van der Waals surface area contributed by atoms with Crippen LogP contribution in [0, 0.1) is 6.92 Å². The van der Waals surface area contributed by atoms with Crippen LogP contribution in [-0.4, -0.2) is 21.5 Å². The molecule has 0 saturated heterocycles. The Hall–Kier alpha value is -0.900. The third-order valence-corrected chi connectivity index (χ3v) is 3.19. The summed E-state index contributed by atoms with van der Waals surface area (Å²) in [5.41, 5.74) is 6.54. The van der Waals surface area contributed by atoms with Crippen molar-refractivity contribution in [1.82, 2.24) is 9.78 Å². The number of rotatable bonds is 2. The van der Waals surface area contributed by atoms with Crippen LogP contribution in [0.4, 0.5) is 4.39 Å². The van der Waals surface area contributed by atoms with Crippen molar-refractivity contribution >= 4 is 0 Å². The number of alkyl halides is 1. The molecular weight excluding hydrogens is 193 g/mol. The molecule has 0 amide bonds. The minimum Gasteiger partial charge on any atom is -0.328 e. The third-order valence-electron chi connectivity index (χ3n) is 3.19. The number of nitrogens with zero attached hydrogens (tertiary/aromatic N) is 2. The maximum atomic E-state index is 14.3. The second kappa shape index (κ2) is 3.59. The van der Waals surface area contributed by atoms with Gasteiger partial charge in [-0.05, 0) is 32.3 Å². The molecule has 1 saturated carbocycles. The molecule has 1 heterocycles. The molecule has 3 nitrogen and oxygen atoms in total. The van der Waals surface area contributed by atoms with Gasteiger partial charge in [0, 0.05) is 25.2 Å². The smallest absolute Gasteiger partial charge is 0.118 e. The van der Waals surface area contributed by atoms with Crippen LogP contribution in [0.1, 0.15) is 30.7 Å². The van der Waals surface area contributed by atoms with Crippen molar-refractivity contribution < 1.29 is 4.39 Å². The summed E-state index contributed by atoms with van der Waals surface area (Å²) in [6, 6.07) is 1.98. The minimum atomic E-state index is -1.11. The van der Waals surface area contributed by atoms with Gasteiger partial charge in [0.1, 0.15) is 5.67 Å². The second-order valence-corrected chi connectivity index (χ2v) is 4.73. The molecule has 0 radical (unpaired) electrons. The van der Waals surface area contributed by atoms with Gasteiger partial charge in [-0.1, -0.05) is 0 Å². The fraction of sp³-hybridized carbons (Fsp3) is 0.727. The molecule has 0 spiro atoms. The Morgan fingerprint density at radius 2 is 2.47 bits per heavy atom. The first-order valence-electron chi connectivity index (χ1n) is 5.42. The van der Waals surface area contributed by atoms with E-state index in [4.69, 9.17) is 5.73 Å². The van der Waals surface area contributed by atoms with Crippen LogP contribution >= 0.6 is 0 Å². The summed E-state index contributed by atoms with van der Waals surface area (Å²) in [5, 5.41) is 4.22. The van der Waals surface area contributed by atoms with Gasteiger partial charge in [-0.15, -0.1) is 0 Å². The number of aryl methyl sites for hydroxylation is 2. The molecule has 4 heteroatoms. The largest absolute Gasteiger partial charge is 0.328 e. The molecule has 2 N–H and O–H groups in total. The van der Waals surface area contributed by atoms with E-state index >= 15 is 0 Å². The zero-order chi connectivity index (χ0) is 11.1. The first kappa shape index (κ1) is 10.6. The van der Waals surface area contributed by atoms with E-state index in [1.54, 1.807) is 4.68 Å². The fourth-order valence-electron chi connectivity index (χ4n) is 2.43. The summed E-state index contributed by atoms with van der Waals surface area (Å²) in [5.74, 6) is 0. The molecule has 0 bridgehead atoms. The van der Waals surface area contributed by atoms with E-state index < -0.39 is 5.67 Å². The highest BCUT2D eigenvalue weighted by molar-refractivity contribution is 5.12. The predicted molar refractivity (Wildman–Crippen MR) is 57.3 cm³/mol. The van der Waals surface area contributed by atoms with Gasteiger partial charge in [-0.3, -0.25) is 4.68 Å². The zero-order valence-electron chi connectivity index (χ0n) is 9.33. The van der Waals surface area contributed by atoms with E-state index in [-0.39, 0.29) is 6.04 Å². The second-order valence-electron chi connectivity index (χ2n) is 4.73. The topological polar surface area (TPSA) is 43.8 Å². The highest BCUT2D eigenvalue weighted by atomic mass is 19.1. The van der Waals surface area contributed by atoms with E-state index in [0.717, 1.165) is 17.8 Å². The zero-order valence-corrected chi connectivity index (χ0v) is 9.33. The van der Waals surface area contributed by atoms with Gasteiger partial charge in [-0.25, -0.2) is 4.39 Å². The molecule has 84 valence electrons. The van der Waals surface area contributed by atoms with Crippen molar-refractivity contribution in [2.45, 2.75) is 44.3 Å². The van der Waals surface area contributed by atoms with Crippen LogP contribution in [0.25, 0.3) is 0 Å². The van der Waals surface area contributed by atoms with Crippen molar-refractivity contribution in [2.75, 3.05) is 0 Å². The van der Waals surface area contributed by atoms with E-state index in [1.165, 1.54) is 0 Å². The van der Waals surface area contributed by atoms with Crippen molar-refractivity contribution in [1.29, 1.82) is 0 Å². The lowest BCUT2D eigenvalue weighted by molar-refractivity contribution is 0.167. The van der Waals surface area contributed by atoms with Crippen molar-refractivity contribution in [3.8, 4) is 0 Å². The van der Waals surface area contributed by atoms with Crippen LogP contribution in [0.15, 0.2) is 6.07 Å². The number of hydrogen-bond donors (Lipinski definition) is 1. The molecule has 2 unspecified atom stereocenters. The van der Waals surface area contributed by atoms with Gasteiger partial charge in [0.2, 0.25) is 0 Å². The molecule has 15 heavy (non-hydrogen) atoms. The number of hydrogen-bond acceptors (Lipinski definition) is 2. The third kappa shape index (κ3) is 2.20. The van der Waals surface area contributed by atoms with Gasteiger partial charge in [0.05, 0.1) is 5.69 Å². The lowest BCUT2D eigenvalue weighted by Crippen LogP contribution is -2.26. The summed E-state index contributed by atoms with van der Waals surface area (Å²) in [6.07, 6.45) is 2.31. The van der Waals surface area contributed by atoms with Crippen LogP contribution in [-0.2, 0) is 13.5 Å². The summed E-state index contributed by atoms with van der Waals surface area (Å²) in [6.45, 7) is 1.93. The Morgan fingerprint density at radius 1 is 1.73 bits per heavy atom. The summed E-state index contributed by atoms with van der Waals surface area (Å²) >= 11 is 0. The molecule has 1 aliphatic carbocycles. The van der Waals surface area contributed by atoms with E-state index in [2.05, 4.69) is 5.10 Å². The van der Waals surface area contributed by atoms with Gasteiger partial charge in [0.25, 0.3) is 0 Å². The van der Waals surface area contributed by atoms with Gasteiger partial charge in [0.15, 0.2) is 0 Å². The van der Waals surface area contributed by atoms with Crippen LogP contribution < -0.4 is 5.73 Å². The van der Waals surface area contributed by atoms with E-state index in [1.807, 2.05) is 20.0 Å². The molecule has 1 aromatic rings. The van der Waals surface area contributed by atoms with Gasteiger partial charge in [-0.2, -0.15) is 5.10 Å². The highest BCUT2D eigenvalue weighted by Crippen LogP contribution is 2.35. The normalized spacial score (nSPS) is 31.1. The standard InChI is InChI=1S/C11H18FN3/c1-8-5-10(15(2)14-8)7-11(12)4-3-9(13)6-11/h5,9H,3-4,6-7,13H2,1-2H3. The Kier molecular flexibility index (Phi) is 2.54. The van der Waals surface area contributed by atoms with Crippen LogP contribution in [0.5, 0.6) is 0 Å². The maximum Gasteiger partial charge on any atom is 0.118 e. The van der Waals surface area contributed by atoms with Gasteiger partial charge >= 0.3 is 0 Å². The van der Waals surface area contributed by atoms with Crippen LogP contribution in [0.3, 0.4) is 0 Å². The average Bonchev–Trinajstić information content (AvgIpc) is 2.58. The van der Waals surface area contributed by atoms with Crippen molar-refractivity contribution in [2.24, 2.45) is 12.8 Å². The molecular formula is C11H18FN3. The lowest BCUT2D eigenvalue weighted by atomic mass is 9.97. The van der Waals surface area contributed by atoms with E-state index in [0.29, 0.717) is 19.3 Å². The minimum absolute atomic E-state index is 0.0318. The number of aromatic nitrogens is 2. The molecule has 1 fully saturated rings. The molecule has 2 rings (SSSR count). The quantitative estimate of drug-likeness (QED) is 0.805. The predicted octanol–water partition coefficient (Wildman–Crippen LogP) is 1.49.